The molecule has 1 aliphatic rings. The summed E-state index contributed by atoms with van der Waals surface area (Å²) in [6.07, 6.45) is 2.62. The molecule has 1 aliphatic heterocycles. The lowest BCUT2D eigenvalue weighted by molar-refractivity contribution is -0.121. The molecule has 3 rings (SSSR count). The number of carbonyl (C=O) groups is 1. The van der Waals surface area contributed by atoms with E-state index >= 15 is 0 Å². The molecule has 0 aliphatic carbocycles. The van der Waals surface area contributed by atoms with Crippen LogP contribution in [0.5, 0.6) is 5.75 Å². The number of anilines is 1. The zero-order valence-electron chi connectivity index (χ0n) is 16.4. The lowest BCUT2D eigenvalue weighted by atomic mass is 10.1. The molecular formula is C21H27ClN4O2. The fourth-order valence-electron chi connectivity index (χ4n) is 3.34. The molecule has 0 bridgehead atoms. The maximum atomic E-state index is 12.5. The molecule has 1 fully saturated rings. The van der Waals surface area contributed by atoms with Crippen molar-refractivity contribution in [3.63, 3.8) is 0 Å². The Bertz CT molecular complexity index is 776. The highest BCUT2D eigenvalue weighted by atomic mass is 35.5. The normalized spacial score (nSPS) is 16.5. The first-order chi connectivity index (χ1) is 13.6. The number of amides is 1. The van der Waals surface area contributed by atoms with Crippen LogP contribution in [0.4, 0.5) is 5.69 Å². The fraction of sp³-hybridized carbons (Fsp3) is 0.429. The van der Waals surface area contributed by atoms with Gasteiger partial charge in [0.05, 0.1) is 18.8 Å². The van der Waals surface area contributed by atoms with Gasteiger partial charge >= 0.3 is 0 Å². The summed E-state index contributed by atoms with van der Waals surface area (Å²) < 4.78 is 5.20. The van der Waals surface area contributed by atoms with Gasteiger partial charge in [-0.2, -0.15) is 0 Å². The third kappa shape index (κ3) is 5.44. The van der Waals surface area contributed by atoms with Crippen molar-refractivity contribution in [2.75, 3.05) is 45.2 Å². The van der Waals surface area contributed by atoms with Gasteiger partial charge in [0, 0.05) is 38.9 Å². The number of halogens is 1. The zero-order chi connectivity index (χ0) is 19.9. The van der Waals surface area contributed by atoms with Crippen LogP contribution in [0.25, 0.3) is 0 Å². The van der Waals surface area contributed by atoms with Crippen LogP contribution >= 0.6 is 11.6 Å². The number of benzene rings is 1. The first kappa shape index (κ1) is 20.6. The van der Waals surface area contributed by atoms with E-state index in [2.05, 4.69) is 32.2 Å². The Hall–Kier alpha value is -2.15. The second-order valence-electron chi connectivity index (χ2n) is 6.98. The standard InChI is InChI=1S/C21H27ClN4O2/c1-16(21(27)24-19-4-3-10-23-20(19)22)26-14-12-25(13-15-26)11-9-17-5-7-18(28-2)8-6-17/h3-8,10,16H,9,11-15H2,1-2H3,(H,24,27). The molecule has 0 saturated carbocycles. The van der Waals surface area contributed by atoms with E-state index in [1.165, 1.54) is 5.56 Å². The molecule has 0 radical (unpaired) electrons. The molecule has 28 heavy (non-hydrogen) atoms. The van der Waals surface area contributed by atoms with E-state index < -0.39 is 0 Å². The third-order valence-corrected chi connectivity index (χ3v) is 5.53. The van der Waals surface area contributed by atoms with Gasteiger partial charge in [-0.3, -0.25) is 9.69 Å². The number of aromatic nitrogens is 1. The number of hydrogen-bond donors (Lipinski definition) is 1. The second kappa shape index (κ2) is 9.87. The maximum absolute atomic E-state index is 12.5. The Labute approximate surface area is 171 Å². The number of nitrogens with zero attached hydrogens (tertiary/aromatic N) is 3. The molecule has 7 heteroatoms. The summed E-state index contributed by atoms with van der Waals surface area (Å²) in [6.45, 7) is 6.62. The molecule has 1 aromatic heterocycles. The number of piperazine rings is 1. The topological polar surface area (TPSA) is 57.7 Å². The van der Waals surface area contributed by atoms with Crippen molar-refractivity contribution in [1.29, 1.82) is 0 Å². The zero-order valence-corrected chi connectivity index (χ0v) is 17.2. The van der Waals surface area contributed by atoms with E-state index in [0.29, 0.717) is 10.8 Å². The summed E-state index contributed by atoms with van der Waals surface area (Å²) >= 11 is 6.03. The maximum Gasteiger partial charge on any atom is 0.241 e. The molecular weight excluding hydrogens is 376 g/mol. The van der Waals surface area contributed by atoms with Crippen LogP contribution < -0.4 is 10.1 Å². The molecule has 1 atom stereocenters. The first-order valence-electron chi connectivity index (χ1n) is 9.57. The second-order valence-corrected chi connectivity index (χ2v) is 7.34. The summed E-state index contributed by atoms with van der Waals surface area (Å²) in [4.78, 5) is 21.2. The smallest absolute Gasteiger partial charge is 0.241 e. The van der Waals surface area contributed by atoms with Crippen molar-refractivity contribution in [3.05, 3.63) is 53.3 Å². The molecule has 0 spiro atoms. The average molecular weight is 403 g/mol. The van der Waals surface area contributed by atoms with E-state index in [9.17, 15) is 4.79 Å². The molecule has 6 nitrogen and oxygen atoms in total. The van der Waals surface area contributed by atoms with Gasteiger partial charge in [0.25, 0.3) is 0 Å². The largest absolute Gasteiger partial charge is 0.497 e. The SMILES string of the molecule is COc1ccc(CCN2CCN(C(C)C(=O)Nc3cccnc3Cl)CC2)cc1. The molecule has 1 unspecified atom stereocenters. The molecule has 2 heterocycles. The van der Waals surface area contributed by atoms with Crippen molar-refractivity contribution in [1.82, 2.24) is 14.8 Å². The highest BCUT2D eigenvalue weighted by molar-refractivity contribution is 6.32. The van der Waals surface area contributed by atoms with E-state index in [4.69, 9.17) is 16.3 Å². The van der Waals surface area contributed by atoms with Crippen molar-refractivity contribution in [2.24, 2.45) is 0 Å². The predicted molar refractivity (Wildman–Crippen MR) is 112 cm³/mol. The first-order valence-corrected chi connectivity index (χ1v) is 9.95. The monoisotopic (exact) mass is 402 g/mol. The van der Waals surface area contributed by atoms with Crippen LogP contribution in [0.1, 0.15) is 12.5 Å². The number of rotatable bonds is 7. The highest BCUT2D eigenvalue weighted by Gasteiger charge is 2.25. The Morgan fingerprint density at radius 1 is 1.21 bits per heavy atom. The number of carbonyl (C=O) groups excluding carboxylic acids is 1. The van der Waals surface area contributed by atoms with Crippen LogP contribution in [0, 0.1) is 0 Å². The van der Waals surface area contributed by atoms with Gasteiger partial charge in [-0.15, -0.1) is 0 Å². The summed E-state index contributed by atoms with van der Waals surface area (Å²) in [5, 5.41) is 3.19. The van der Waals surface area contributed by atoms with Crippen molar-refractivity contribution < 1.29 is 9.53 Å². The quantitative estimate of drug-likeness (QED) is 0.721. The number of nitrogens with one attached hydrogen (secondary N) is 1. The van der Waals surface area contributed by atoms with Gasteiger partial charge in [0.15, 0.2) is 5.15 Å². The third-order valence-electron chi connectivity index (χ3n) is 5.23. The summed E-state index contributed by atoms with van der Waals surface area (Å²) in [5.74, 6) is 0.832. The van der Waals surface area contributed by atoms with Crippen LogP contribution in [0.3, 0.4) is 0 Å². The molecule has 1 aromatic carbocycles. The van der Waals surface area contributed by atoms with E-state index in [1.54, 1.807) is 25.4 Å². The van der Waals surface area contributed by atoms with Gasteiger partial charge in [0.1, 0.15) is 5.75 Å². The number of hydrogen-bond acceptors (Lipinski definition) is 5. The molecule has 1 N–H and O–H groups in total. The van der Waals surface area contributed by atoms with Gasteiger partial charge in [0.2, 0.25) is 5.91 Å². The Morgan fingerprint density at radius 2 is 1.93 bits per heavy atom. The highest BCUT2D eigenvalue weighted by Crippen LogP contribution is 2.18. The number of pyridine rings is 1. The molecule has 1 saturated heterocycles. The van der Waals surface area contributed by atoms with E-state index in [1.807, 2.05) is 19.1 Å². The Balaban J connectivity index is 1.43. The Kier molecular flexibility index (Phi) is 7.25. The van der Waals surface area contributed by atoms with Crippen molar-refractivity contribution in [2.45, 2.75) is 19.4 Å². The lowest BCUT2D eigenvalue weighted by Gasteiger charge is -2.37. The summed E-state index contributed by atoms with van der Waals surface area (Å²) in [6, 6.07) is 11.5. The Morgan fingerprint density at radius 3 is 2.57 bits per heavy atom. The van der Waals surface area contributed by atoms with Crippen LogP contribution in [0.2, 0.25) is 5.15 Å². The van der Waals surface area contributed by atoms with Gasteiger partial charge < -0.3 is 15.0 Å². The van der Waals surface area contributed by atoms with Gasteiger partial charge in [-0.1, -0.05) is 23.7 Å². The van der Waals surface area contributed by atoms with Crippen LogP contribution in [-0.2, 0) is 11.2 Å². The molecule has 150 valence electrons. The predicted octanol–water partition coefficient (Wildman–Crippen LogP) is 2.93. The van der Waals surface area contributed by atoms with Crippen LogP contribution in [0.15, 0.2) is 42.6 Å². The summed E-state index contributed by atoms with van der Waals surface area (Å²) in [5.41, 5.74) is 1.86. The lowest BCUT2D eigenvalue weighted by Crippen LogP contribution is -2.53. The fourth-order valence-corrected chi connectivity index (χ4v) is 3.50. The van der Waals surface area contributed by atoms with E-state index in [0.717, 1.165) is 44.9 Å². The van der Waals surface area contributed by atoms with Gasteiger partial charge in [-0.25, -0.2) is 4.98 Å². The number of methoxy groups -OCH3 is 1. The molecule has 1 amide bonds. The minimum absolute atomic E-state index is 0.0541. The van der Waals surface area contributed by atoms with Gasteiger partial charge in [-0.05, 0) is 43.2 Å². The minimum atomic E-state index is -0.208. The van der Waals surface area contributed by atoms with Crippen molar-refractivity contribution >= 4 is 23.2 Å². The molecule has 2 aromatic rings. The van der Waals surface area contributed by atoms with E-state index in [-0.39, 0.29) is 11.9 Å². The van der Waals surface area contributed by atoms with Crippen LogP contribution in [-0.4, -0.2) is 66.6 Å². The summed E-state index contributed by atoms with van der Waals surface area (Å²) in [7, 11) is 1.68. The average Bonchev–Trinajstić information content (AvgIpc) is 2.74. The minimum Gasteiger partial charge on any atom is -0.497 e. The number of ether oxygens (including phenoxy) is 1. The van der Waals surface area contributed by atoms with Crippen molar-refractivity contribution in [3.8, 4) is 5.75 Å².